The van der Waals surface area contributed by atoms with Gasteiger partial charge in [-0.1, -0.05) is 343 Å². The lowest BCUT2D eigenvalue weighted by Crippen LogP contribution is -2.30. The fourth-order valence-electron chi connectivity index (χ4n) is 18.5. The number of benzene rings is 18. The second-order valence-corrected chi connectivity index (χ2v) is 31.9. The van der Waals surface area contributed by atoms with Crippen LogP contribution in [0.4, 0.5) is 0 Å². The highest BCUT2D eigenvalue weighted by Crippen LogP contribution is 2.46. The van der Waals surface area contributed by atoms with Gasteiger partial charge in [0, 0.05) is 92.6 Å². The molecule has 0 saturated heterocycles. The van der Waals surface area contributed by atoms with E-state index in [0.717, 1.165) is 149 Å². The number of fused-ring (bicyclic) bond motifs is 18. The molecule has 26 rings (SSSR count). The van der Waals surface area contributed by atoms with Gasteiger partial charge in [0.2, 0.25) is 17.2 Å². The van der Waals surface area contributed by atoms with Gasteiger partial charge in [0.1, 0.15) is 22.3 Å². The molecule has 14 nitrogen and oxygen atoms in total. The largest absolute Gasteiger partial charge is 0.492 e. The summed E-state index contributed by atoms with van der Waals surface area (Å²) < 4.78 is 106. The van der Waals surface area contributed by atoms with E-state index in [1.165, 1.54) is 0 Å². The third-order valence-corrected chi connectivity index (χ3v) is 24.3. The maximum atomic E-state index is 10.3. The van der Waals surface area contributed by atoms with Crippen molar-refractivity contribution in [3.8, 4) is 102 Å². The molecule has 20 heteroatoms. The molecule has 0 amide bonds. The lowest BCUT2D eigenvalue weighted by Gasteiger charge is -2.13. The van der Waals surface area contributed by atoms with E-state index in [9.17, 15) is 10.0 Å². The predicted molar refractivity (Wildman–Crippen MR) is 569 cm³/mol. The van der Waals surface area contributed by atoms with Crippen LogP contribution in [0, 0.1) is 0 Å². The van der Waals surface area contributed by atoms with E-state index in [1.807, 2.05) is 228 Å². The van der Waals surface area contributed by atoms with E-state index in [-0.39, 0.29) is 60.1 Å². The number of halogens is 1. The molecule has 0 bridgehead atoms. The molecular formula is C115H82B5ClN10O4-2. The summed E-state index contributed by atoms with van der Waals surface area (Å²) in [6, 6.07) is 117. The highest BCUT2D eigenvalue weighted by atomic mass is 35.5. The molecule has 18 aromatic carbocycles. The van der Waals surface area contributed by atoms with Crippen molar-refractivity contribution < 1.29 is 32.6 Å². The van der Waals surface area contributed by atoms with Crippen LogP contribution in [-0.4, -0.2) is 94.9 Å². The van der Waals surface area contributed by atoms with Crippen molar-refractivity contribution >= 4 is 185 Å². The second kappa shape index (κ2) is 35.5. The molecular weight excluding hydrogens is 1670 g/mol. The van der Waals surface area contributed by atoms with Crippen molar-refractivity contribution in [3.63, 3.8) is 0 Å². The lowest BCUT2D eigenvalue weighted by molar-refractivity contribution is 0.425. The zero-order valence-corrected chi connectivity index (χ0v) is 70.7. The fourth-order valence-corrected chi connectivity index (χ4v) is 18.7. The van der Waals surface area contributed by atoms with Crippen LogP contribution in [0.3, 0.4) is 0 Å². The quantitative estimate of drug-likeness (QED) is 0.113. The van der Waals surface area contributed by atoms with Crippen LogP contribution >= 0.6 is 11.6 Å². The molecule has 2 radical (unpaired) electrons. The van der Waals surface area contributed by atoms with E-state index in [4.69, 9.17) is 61.8 Å². The molecule has 0 aliphatic heterocycles. The van der Waals surface area contributed by atoms with E-state index in [1.54, 1.807) is 12.1 Å². The van der Waals surface area contributed by atoms with Gasteiger partial charge in [0.15, 0.2) is 17.5 Å². The topological polar surface area (TPSA) is 164 Å². The zero-order valence-electron chi connectivity index (χ0n) is 79.9. The van der Waals surface area contributed by atoms with Crippen LogP contribution in [-0.2, 0) is 0 Å². The maximum absolute atomic E-state index is 10.3. The Bertz CT molecular complexity index is 9530. The van der Waals surface area contributed by atoms with Gasteiger partial charge < -0.3 is 28.0 Å². The number of nitrogens with zero attached hydrogens (tertiary/aromatic N) is 10. The Labute approximate surface area is 799 Å². The Morgan fingerprint density at radius 2 is 0.659 bits per heavy atom. The first kappa shape index (κ1) is 73.0. The van der Waals surface area contributed by atoms with Crippen molar-refractivity contribution in [1.29, 1.82) is 0 Å². The average Bonchev–Trinajstić information content (AvgIpc) is 1.58. The second-order valence-electron chi connectivity index (χ2n) is 31.6. The summed E-state index contributed by atoms with van der Waals surface area (Å²) in [5.41, 5.74) is 19.6. The standard InChI is InChI=1S/C57H35N5O.C30H20BNO3.C27H17ClN4.CH4.B4H6/c1-4-17-36(18-5-1)39-31-32-52-45(33-39)46-34-40(61-48-27-13-10-23-42(48)43-24-11-14-28-49(43)61)35-47(54(46)63-52)56-58-55(38-21-8-3-9-22-38)59-57(60-56)62-50-29-15-12-25-44(50)53-41(26-16-30-51(53)62)37-19-6-2-7-20-37;33-31(34)26-18-21(32-27-12-6-4-10-22(27)23-11-5-7-13-28(23)32)17-25-24-15-14-20(16-29(24)35-30(25)26)19-8-2-1-3-9-19;28-26-29-25(19-12-5-2-6-13-19)30-27(31-26)32-22-16-8-7-14-21(22)24-20(15-9-17-23(24)32)18-10-3-1-4-11-18;;1-4(2)3/h1-35H;1-18,33-34H;1-17H;1H4;1-2H3/q;;;;-2/i2D,6D,7D,19D,20D;;1D,3D,4D,10D,11D;;. The van der Waals surface area contributed by atoms with Crippen LogP contribution in [0.1, 0.15) is 21.1 Å². The summed E-state index contributed by atoms with van der Waals surface area (Å²) in [6.07, 6.45) is 0.833. The SMILES string of the molecule is C.OB(O)c1cc(-n2c3ccccc3c3ccccc32)cc2c1oc1cc(-c3ccccc3)ccc12.[2H]c1c([2H])c([2H])c(-c2cccc3c2c2ccccc2n3-c2nc(-c3ccccc3)nc(-c3cc(-n4c5ccccc5c5ccccc54)cc4c3oc3ccc(-c5ccccc5)cc34)n2)c([2H])c1[2H].[2H]c1c([2H])c([2H])c(-c2cccc3c2c2ccccc2n3-c2nc(Cl)nc(-c3ccccc3)n2)c([2H])c1[2H].[B]B([BH3-])[BH3-]. The first-order valence-corrected chi connectivity index (χ1v) is 43.0. The Morgan fingerprint density at radius 1 is 0.289 bits per heavy atom. The van der Waals surface area contributed by atoms with Crippen molar-refractivity contribution in [3.05, 3.63) is 430 Å². The molecule has 26 aromatic rings. The normalized spacial score (nSPS) is 12.5. The fraction of sp³-hybridized carbons (Fsp3) is 0.00870. The first-order chi connectivity index (χ1) is 70.1. The van der Waals surface area contributed by atoms with Gasteiger partial charge in [-0.05, 0) is 153 Å². The third kappa shape index (κ3) is 15.3. The minimum Gasteiger partial charge on any atom is -0.456 e. The van der Waals surface area contributed by atoms with Crippen LogP contribution in [0.25, 0.3) is 233 Å². The summed E-state index contributed by atoms with van der Waals surface area (Å²) >= 11 is 6.35. The minimum absolute atomic E-state index is 0. The van der Waals surface area contributed by atoms with Gasteiger partial charge in [-0.15, -0.1) is 15.5 Å². The Kier molecular flexibility index (Phi) is 19.2. The highest BCUT2D eigenvalue weighted by molar-refractivity contribution is 7.49. The van der Waals surface area contributed by atoms with E-state index >= 15 is 0 Å². The monoisotopic (exact) mass is 1770 g/mol. The van der Waals surface area contributed by atoms with Gasteiger partial charge in [-0.3, -0.25) is 15.5 Å². The van der Waals surface area contributed by atoms with Crippen LogP contribution in [0.15, 0.2) is 433 Å². The summed E-state index contributed by atoms with van der Waals surface area (Å²) in [7, 11) is 4.83. The van der Waals surface area contributed by atoms with Crippen LogP contribution in [0.2, 0.25) is 5.28 Å². The minimum atomic E-state index is -1.67. The van der Waals surface area contributed by atoms with E-state index in [2.05, 4.69) is 153 Å². The van der Waals surface area contributed by atoms with Gasteiger partial charge in [0.25, 0.3) is 0 Å². The summed E-state index contributed by atoms with van der Waals surface area (Å²) in [5.74, 6) is 1.88. The number of furan rings is 2. The van der Waals surface area contributed by atoms with Gasteiger partial charge in [-0.25, -0.2) is 4.98 Å². The molecule has 0 aliphatic rings. The number of hydrogen-bond acceptors (Lipinski definition) is 10. The predicted octanol–water partition coefficient (Wildman–Crippen LogP) is 25.1. The number of rotatable bonds is 12. The molecule has 0 spiro atoms. The zero-order chi connectivity index (χ0) is 98.7. The smallest absolute Gasteiger partial charge is 0.456 e. The van der Waals surface area contributed by atoms with Crippen LogP contribution < -0.4 is 5.46 Å². The molecule has 0 unspecified atom stereocenters. The third-order valence-electron chi connectivity index (χ3n) is 24.2. The van der Waals surface area contributed by atoms with Crippen molar-refractivity contribution in [1.82, 2.24) is 48.2 Å². The molecule has 0 saturated carbocycles. The first-order valence-electron chi connectivity index (χ1n) is 47.6. The van der Waals surface area contributed by atoms with Gasteiger partial charge in [0.05, 0.1) is 63.4 Å². The number of para-hydroxylation sites is 6. The highest BCUT2D eigenvalue weighted by Gasteiger charge is 2.28. The summed E-state index contributed by atoms with van der Waals surface area (Å²) in [4.78, 5) is 29.3. The summed E-state index contributed by atoms with van der Waals surface area (Å²) in [5, 5.41) is 31.9. The van der Waals surface area contributed by atoms with Crippen molar-refractivity contribution in [2.45, 2.75) is 7.43 Å². The maximum Gasteiger partial charge on any atom is 0.492 e. The van der Waals surface area contributed by atoms with E-state index in [0.29, 0.717) is 100 Å². The Hall–Kier alpha value is -16.7. The average molecular weight is 1770 g/mol. The molecule has 0 fully saturated rings. The Morgan fingerprint density at radius 3 is 1.13 bits per heavy atom. The van der Waals surface area contributed by atoms with Crippen molar-refractivity contribution in [2.75, 3.05) is 0 Å². The molecule has 2 N–H and O–H groups in total. The molecule has 0 atom stereocenters. The number of aromatic nitrogens is 10. The van der Waals surface area contributed by atoms with Crippen molar-refractivity contribution in [2.24, 2.45) is 0 Å². The molecule has 0 aliphatic carbocycles. The summed E-state index contributed by atoms with van der Waals surface area (Å²) in [6.45, 7) is 0. The molecule has 640 valence electrons. The Balaban J connectivity index is 0.000000131. The lowest BCUT2D eigenvalue weighted by atomic mass is 9.08. The van der Waals surface area contributed by atoms with E-state index < -0.39 is 31.3 Å². The van der Waals surface area contributed by atoms with Crippen LogP contribution in [0.5, 0.6) is 0 Å². The van der Waals surface area contributed by atoms with Gasteiger partial charge in [-0.2, -0.15) is 24.9 Å². The molecule has 8 aromatic heterocycles. The molecule has 8 heterocycles. The number of hydrogen-bond donors (Lipinski definition) is 2. The van der Waals surface area contributed by atoms with Gasteiger partial charge >= 0.3 is 7.12 Å². The molecule has 135 heavy (non-hydrogen) atoms.